The Bertz CT molecular complexity index is 710. The first-order valence-electron chi connectivity index (χ1n) is 7.37. The van der Waals surface area contributed by atoms with Gasteiger partial charge in [-0.05, 0) is 19.1 Å². The summed E-state index contributed by atoms with van der Waals surface area (Å²) in [4.78, 5) is 24.4. The number of halogens is 3. The van der Waals surface area contributed by atoms with Crippen LogP contribution in [0.3, 0.4) is 0 Å². The maximum absolute atomic E-state index is 12.6. The lowest BCUT2D eigenvalue weighted by atomic mass is 10.00. The van der Waals surface area contributed by atoms with E-state index in [2.05, 4.69) is 5.32 Å². The lowest BCUT2D eigenvalue weighted by Gasteiger charge is -2.15. The van der Waals surface area contributed by atoms with Crippen LogP contribution in [0.15, 0.2) is 48.5 Å². The smallest absolute Gasteiger partial charge is 0.276 e. The average molecular weight is 387 g/mol. The van der Waals surface area contributed by atoms with E-state index in [0.29, 0.717) is 16.8 Å². The fourth-order valence-electron chi connectivity index (χ4n) is 1.89. The minimum Gasteiger partial charge on any atom is -0.322 e. The van der Waals surface area contributed by atoms with Crippen LogP contribution < -0.4 is 5.32 Å². The number of carbonyl (C=O) groups is 2. The van der Waals surface area contributed by atoms with Gasteiger partial charge in [0.15, 0.2) is 5.78 Å². The van der Waals surface area contributed by atoms with Crippen molar-refractivity contribution >= 4 is 52.2 Å². The third-order valence-corrected chi connectivity index (χ3v) is 3.48. The van der Waals surface area contributed by atoms with E-state index in [1.54, 1.807) is 42.5 Å². The Kier molecular flexibility index (Phi) is 7.74. The van der Waals surface area contributed by atoms with Crippen molar-refractivity contribution in [1.29, 1.82) is 0 Å². The Balaban J connectivity index is 0.00000139. The van der Waals surface area contributed by atoms with E-state index in [9.17, 15) is 9.59 Å². The van der Waals surface area contributed by atoms with Crippen LogP contribution in [0.25, 0.3) is 0 Å². The molecule has 1 amide bonds. The van der Waals surface area contributed by atoms with Gasteiger partial charge < -0.3 is 5.32 Å². The number of anilines is 1. The van der Waals surface area contributed by atoms with Gasteiger partial charge in [0.1, 0.15) is 0 Å². The number of rotatable bonds is 3. The van der Waals surface area contributed by atoms with Gasteiger partial charge in [-0.2, -0.15) is 0 Å². The topological polar surface area (TPSA) is 46.2 Å². The molecular formula is C18H18Cl3NO2. The van der Waals surface area contributed by atoms with E-state index in [1.807, 2.05) is 26.8 Å². The summed E-state index contributed by atoms with van der Waals surface area (Å²) in [5.74, 6) is -1.03. The second kappa shape index (κ2) is 9.07. The Labute approximate surface area is 156 Å². The van der Waals surface area contributed by atoms with Crippen LogP contribution in [0.5, 0.6) is 0 Å². The van der Waals surface area contributed by atoms with E-state index in [1.165, 1.54) is 0 Å². The summed E-state index contributed by atoms with van der Waals surface area (Å²) in [5, 5.41) is 2.47. The quantitative estimate of drug-likeness (QED) is 0.554. The molecule has 0 unspecified atom stereocenters. The molecule has 0 aliphatic rings. The van der Waals surface area contributed by atoms with E-state index in [4.69, 9.17) is 34.8 Å². The summed E-state index contributed by atoms with van der Waals surface area (Å²) in [5.41, 5.74) is 2.04. The molecule has 0 aromatic heterocycles. The first-order valence-corrected chi connectivity index (χ1v) is 8.51. The first-order chi connectivity index (χ1) is 11.3. The minimum absolute atomic E-state index is 0.219. The molecule has 1 N–H and O–H groups in total. The molecule has 0 bridgehead atoms. The molecule has 0 atom stereocenters. The molecule has 0 saturated heterocycles. The molecule has 128 valence electrons. The molecule has 0 aliphatic carbocycles. The maximum Gasteiger partial charge on any atom is 0.276 e. The second-order valence-electron chi connectivity index (χ2n) is 4.70. The molecule has 2 rings (SSSR count). The van der Waals surface area contributed by atoms with Crippen LogP contribution in [0.2, 0.25) is 0 Å². The van der Waals surface area contributed by atoms with E-state index >= 15 is 0 Å². The van der Waals surface area contributed by atoms with Crippen LogP contribution in [0.1, 0.15) is 35.3 Å². The summed E-state index contributed by atoms with van der Waals surface area (Å²) in [7, 11) is 0. The van der Waals surface area contributed by atoms with Gasteiger partial charge in [0, 0.05) is 11.1 Å². The van der Waals surface area contributed by atoms with Crippen LogP contribution in [0.4, 0.5) is 5.69 Å². The maximum atomic E-state index is 12.6. The minimum atomic E-state index is -2.10. The normalized spacial score (nSPS) is 10.4. The molecule has 0 heterocycles. The van der Waals surface area contributed by atoms with Crippen LogP contribution in [0, 0.1) is 6.92 Å². The second-order valence-corrected chi connectivity index (χ2v) is 6.98. The molecular weight excluding hydrogens is 369 g/mol. The van der Waals surface area contributed by atoms with Crippen molar-refractivity contribution in [2.45, 2.75) is 24.6 Å². The third-order valence-electron chi connectivity index (χ3n) is 2.96. The number of aryl methyl sites for hydroxylation is 1. The average Bonchev–Trinajstić information content (AvgIpc) is 2.57. The number of alkyl halides is 3. The molecule has 0 saturated carbocycles. The highest BCUT2D eigenvalue weighted by Crippen LogP contribution is 2.29. The van der Waals surface area contributed by atoms with Gasteiger partial charge >= 0.3 is 0 Å². The van der Waals surface area contributed by atoms with Gasteiger partial charge in [-0.1, -0.05) is 90.6 Å². The number of amides is 1. The van der Waals surface area contributed by atoms with Crippen molar-refractivity contribution in [2.75, 3.05) is 5.32 Å². The molecule has 0 aliphatic heterocycles. The van der Waals surface area contributed by atoms with E-state index in [0.717, 1.165) is 5.56 Å². The SMILES string of the molecule is CC.Cc1ccc(NC(=O)C(Cl)(Cl)Cl)c(C(=O)c2ccccc2)c1. The molecule has 3 nitrogen and oxygen atoms in total. The Morgan fingerprint density at radius 2 is 1.54 bits per heavy atom. The highest BCUT2D eigenvalue weighted by atomic mass is 35.6. The van der Waals surface area contributed by atoms with Crippen LogP contribution >= 0.6 is 34.8 Å². The molecule has 6 heteroatoms. The highest BCUT2D eigenvalue weighted by molar-refractivity contribution is 6.76. The fraction of sp³-hybridized carbons (Fsp3) is 0.222. The third kappa shape index (κ3) is 5.52. The molecule has 24 heavy (non-hydrogen) atoms. The number of carbonyl (C=O) groups excluding carboxylic acids is 2. The van der Waals surface area contributed by atoms with Crippen molar-refractivity contribution in [3.05, 3.63) is 65.2 Å². The first kappa shape index (κ1) is 20.5. The summed E-state index contributed by atoms with van der Waals surface area (Å²) >= 11 is 16.6. The molecule has 0 radical (unpaired) electrons. The number of hydrogen-bond acceptors (Lipinski definition) is 2. The van der Waals surface area contributed by atoms with Crippen molar-refractivity contribution in [3.63, 3.8) is 0 Å². The summed E-state index contributed by atoms with van der Waals surface area (Å²) < 4.78 is -2.10. The lowest BCUT2D eigenvalue weighted by Crippen LogP contribution is -2.27. The van der Waals surface area contributed by atoms with E-state index < -0.39 is 9.70 Å². The zero-order chi connectivity index (χ0) is 18.3. The van der Waals surface area contributed by atoms with Gasteiger partial charge in [0.25, 0.3) is 9.70 Å². The summed E-state index contributed by atoms with van der Waals surface area (Å²) in [6, 6.07) is 13.8. The number of benzene rings is 2. The number of ketones is 1. The van der Waals surface area contributed by atoms with E-state index in [-0.39, 0.29) is 5.78 Å². The zero-order valence-electron chi connectivity index (χ0n) is 13.6. The molecule has 2 aromatic carbocycles. The largest absolute Gasteiger partial charge is 0.322 e. The summed E-state index contributed by atoms with van der Waals surface area (Å²) in [6.45, 7) is 5.85. The van der Waals surface area contributed by atoms with Crippen molar-refractivity contribution in [2.24, 2.45) is 0 Å². The highest BCUT2D eigenvalue weighted by Gasteiger charge is 2.31. The number of nitrogens with one attached hydrogen (secondary N) is 1. The Morgan fingerprint density at radius 3 is 2.08 bits per heavy atom. The predicted molar refractivity (Wildman–Crippen MR) is 101 cm³/mol. The van der Waals surface area contributed by atoms with Gasteiger partial charge in [-0.3, -0.25) is 9.59 Å². The molecule has 0 fully saturated rings. The standard InChI is InChI=1S/C16H12Cl3NO2.C2H6/c1-10-7-8-13(20-15(22)16(17,18)19)12(9-10)14(21)11-5-3-2-4-6-11;1-2/h2-9H,1H3,(H,20,22);1-2H3. The van der Waals surface area contributed by atoms with Gasteiger partial charge in [-0.25, -0.2) is 0 Å². The van der Waals surface area contributed by atoms with Gasteiger partial charge in [0.05, 0.1) is 5.69 Å². The predicted octanol–water partition coefficient (Wildman–Crippen LogP) is 5.56. The Hall–Kier alpha value is -1.55. The van der Waals surface area contributed by atoms with Crippen molar-refractivity contribution in [3.8, 4) is 0 Å². The van der Waals surface area contributed by atoms with Crippen molar-refractivity contribution in [1.82, 2.24) is 0 Å². The number of hydrogen-bond donors (Lipinski definition) is 1. The van der Waals surface area contributed by atoms with Crippen LogP contribution in [-0.2, 0) is 4.79 Å². The van der Waals surface area contributed by atoms with Gasteiger partial charge in [0.2, 0.25) is 0 Å². The fourth-order valence-corrected chi connectivity index (χ4v) is 2.03. The lowest BCUT2D eigenvalue weighted by molar-refractivity contribution is -0.115. The van der Waals surface area contributed by atoms with Gasteiger partial charge in [-0.15, -0.1) is 0 Å². The molecule has 2 aromatic rings. The van der Waals surface area contributed by atoms with Crippen molar-refractivity contribution < 1.29 is 9.59 Å². The summed E-state index contributed by atoms with van der Waals surface area (Å²) in [6.07, 6.45) is 0. The monoisotopic (exact) mass is 385 g/mol. The molecule has 0 spiro atoms. The van der Waals surface area contributed by atoms with Crippen LogP contribution in [-0.4, -0.2) is 15.5 Å². The zero-order valence-corrected chi connectivity index (χ0v) is 15.8. The Morgan fingerprint density at radius 1 is 0.958 bits per heavy atom.